The van der Waals surface area contributed by atoms with Gasteiger partial charge in [-0.25, -0.2) is 0 Å². The van der Waals surface area contributed by atoms with Crippen LogP contribution in [0.15, 0.2) is 39.2 Å². The number of aryl methyl sites for hydroxylation is 1. The Kier molecular flexibility index (Phi) is 3.87. The molecule has 0 radical (unpaired) electrons. The van der Waals surface area contributed by atoms with Gasteiger partial charge in [0, 0.05) is 22.8 Å². The number of rotatable bonds is 4. The van der Waals surface area contributed by atoms with Crippen LogP contribution in [0, 0.1) is 6.92 Å². The minimum absolute atomic E-state index is 0.654. The molecule has 0 unspecified atom stereocenters. The fourth-order valence-electron chi connectivity index (χ4n) is 1.74. The van der Waals surface area contributed by atoms with Crippen molar-refractivity contribution < 1.29 is 9.21 Å². The van der Waals surface area contributed by atoms with E-state index in [1.54, 1.807) is 6.07 Å². The van der Waals surface area contributed by atoms with E-state index in [0.717, 1.165) is 28.0 Å². The molecule has 0 saturated carbocycles. The van der Waals surface area contributed by atoms with Gasteiger partial charge >= 0.3 is 0 Å². The summed E-state index contributed by atoms with van der Waals surface area (Å²) in [5.74, 6) is 1.83. The molecular weight excluding hydrogens is 294 g/mol. The number of halogens is 1. The zero-order valence-electron chi connectivity index (χ0n) is 10.3. The first kappa shape index (κ1) is 12.9. The van der Waals surface area contributed by atoms with Gasteiger partial charge in [-0.3, -0.25) is 4.79 Å². The van der Waals surface area contributed by atoms with E-state index >= 15 is 0 Å². The lowest BCUT2D eigenvalue weighted by Gasteiger charge is -2.18. The Bertz CT molecular complexity index is 563. The molecule has 1 aromatic carbocycles. The molecule has 0 amide bonds. The smallest absolute Gasteiger partial charge is 0.151 e. The summed E-state index contributed by atoms with van der Waals surface area (Å²) in [6.07, 6.45) is 0.837. The summed E-state index contributed by atoms with van der Waals surface area (Å²) in [6, 6.07) is 9.58. The third-order valence-corrected chi connectivity index (χ3v) is 3.43. The monoisotopic (exact) mass is 307 g/mol. The molecule has 2 aromatic rings. The number of hydrogen-bond acceptors (Lipinski definition) is 3. The number of nitrogens with zero attached hydrogens (tertiary/aromatic N) is 1. The van der Waals surface area contributed by atoms with Crippen molar-refractivity contribution in [1.29, 1.82) is 0 Å². The molecule has 4 heteroatoms. The molecule has 1 aromatic heterocycles. The number of carbonyl (C=O) groups excluding carboxylic acids is 1. The van der Waals surface area contributed by atoms with Gasteiger partial charge in [-0.15, -0.1) is 0 Å². The van der Waals surface area contributed by atoms with Gasteiger partial charge in [-0.2, -0.15) is 0 Å². The molecule has 0 aliphatic heterocycles. The molecule has 0 fully saturated rings. The topological polar surface area (TPSA) is 33.5 Å². The maximum atomic E-state index is 10.7. The lowest BCUT2D eigenvalue weighted by atomic mass is 10.2. The van der Waals surface area contributed by atoms with Crippen LogP contribution in [0.4, 0.5) is 5.69 Å². The SMILES string of the molecule is Cc1ccc(CN(C)c2ccc(C=O)c(Br)c2)o1. The molecular formula is C14H14BrNO2. The first-order valence-electron chi connectivity index (χ1n) is 5.61. The minimum atomic E-state index is 0.654. The highest BCUT2D eigenvalue weighted by Gasteiger charge is 2.07. The maximum Gasteiger partial charge on any atom is 0.151 e. The van der Waals surface area contributed by atoms with Gasteiger partial charge in [0.1, 0.15) is 11.5 Å². The molecule has 0 aliphatic rings. The molecule has 0 aliphatic carbocycles. The van der Waals surface area contributed by atoms with Crippen LogP contribution >= 0.6 is 15.9 Å². The summed E-state index contributed by atoms with van der Waals surface area (Å²) in [5, 5.41) is 0. The fraction of sp³-hybridized carbons (Fsp3) is 0.214. The Morgan fingerprint density at radius 3 is 2.67 bits per heavy atom. The van der Waals surface area contributed by atoms with Gasteiger partial charge in [-0.1, -0.05) is 0 Å². The second-order valence-corrected chi connectivity index (χ2v) is 5.05. The predicted molar refractivity (Wildman–Crippen MR) is 75.1 cm³/mol. The van der Waals surface area contributed by atoms with Crippen molar-refractivity contribution in [3.8, 4) is 0 Å². The molecule has 0 N–H and O–H groups in total. The average molecular weight is 308 g/mol. The van der Waals surface area contributed by atoms with E-state index in [4.69, 9.17) is 4.42 Å². The zero-order valence-corrected chi connectivity index (χ0v) is 11.9. The van der Waals surface area contributed by atoms with E-state index in [1.165, 1.54) is 0 Å². The Morgan fingerprint density at radius 1 is 1.33 bits per heavy atom. The molecule has 18 heavy (non-hydrogen) atoms. The van der Waals surface area contributed by atoms with Crippen molar-refractivity contribution in [1.82, 2.24) is 0 Å². The van der Waals surface area contributed by atoms with Crippen LogP contribution in [0.2, 0.25) is 0 Å². The second-order valence-electron chi connectivity index (χ2n) is 4.19. The number of benzene rings is 1. The summed E-state index contributed by atoms with van der Waals surface area (Å²) in [4.78, 5) is 12.8. The van der Waals surface area contributed by atoms with Gasteiger partial charge in [0.05, 0.1) is 6.54 Å². The van der Waals surface area contributed by atoms with Crippen molar-refractivity contribution in [3.05, 3.63) is 51.9 Å². The van der Waals surface area contributed by atoms with E-state index < -0.39 is 0 Å². The number of anilines is 1. The lowest BCUT2D eigenvalue weighted by Crippen LogP contribution is -2.15. The normalized spacial score (nSPS) is 10.4. The zero-order chi connectivity index (χ0) is 13.1. The van der Waals surface area contributed by atoms with Gasteiger partial charge in [0.15, 0.2) is 6.29 Å². The van der Waals surface area contributed by atoms with Crippen LogP contribution in [-0.2, 0) is 6.54 Å². The number of carbonyl (C=O) groups is 1. The minimum Gasteiger partial charge on any atom is -0.464 e. The number of furan rings is 1. The standard InChI is InChI=1S/C14H14BrNO2/c1-10-3-6-13(18-10)8-16(2)12-5-4-11(9-17)14(15)7-12/h3-7,9H,8H2,1-2H3. The summed E-state index contributed by atoms with van der Waals surface area (Å²) >= 11 is 3.38. The van der Waals surface area contributed by atoms with Crippen molar-refractivity contribution in [2.45, 2.75) is 13.5 Å². The molecule has 94 valence electrons. The second kappa shape index (κ2) is 5.40. The summed E-state index contributed by atoms with van der Waals surface area (Å²) in [6.45, 7) is 2.62. The molecule has 0 bridgehead atoms. The highest BCUT2D eigenvalue weighted by molar-refractivity contribution is 9.10. The van der Waals surface area contributed by atoms with Crippen LogP contribution < -0.4 is 4.90 Å². The van der Waals surface area contributed by atoms with Crippen molar-refractivity contribution in [2.24, 2.45) is 0 Å². The molecule has 1 heterocycles. The average Bonchev–Trinajstić information content (AvgIpc) is 2.74. The number of hydrogen-bond donors (Lipinski definition) is 0. The van der Waals surface area contributed by atoms with Crippen LogP contribution in [-0.4, -0.2) is 13.3 Å². The van der Waals surface area contributed by atoms with Crippen molar-refractivity contribution in [3.63, 3.8) is 0 Å². The van der Waals surface area contributed by atoms with Gasteiger partial charge < -0.3 is 9.32 Å². The quantitative estimate of drug-likeness (QED) is 0.806. The van der Waals surface area contributed by atoms with Crippen LogP contribution in [0.5, 0.6) is 0 Å². The number of aldehydes is 1. The highest BCUT2D eigenvalue weighted by atomic mass is 79.9. The Labute approximate surface area is 115 Å². The van der Waals surface area contributed by atoms with Crippen molar-refractivity contribution >= 4 is 27.9 Å². The summed E-state index contributed by atoms with van der Waals surface area (Å²) < 4.78 is 6.34. The fourth-order valence-corrected chi connectivity index (χ4v) is 2.20. The van der Waals surface area contributed by atoms with Crippen LogP contribution in [0.3, 0.4) is 0 Å². The molecule has 0 saturated heterocycles. The third kappa shape index (κ3) is 2.82. The third-order valence-electron chi connectivity index (χ3n) is 2.74. The van der Waals surface area contributed by atoms with E-state index in [9.17, 15) is 4.79 Å². The molecule has 0 spiro atoms. The van der Waals surface area contributed by atoms with E-state index in [-0.39, 0.29) is 0 Å². The van der Waals surface area contributed by atoms with Crippen molar-refractivity contribution in [2.75, 3.05) is 11.9 Å². The molecule has 2 rings (SSSR count). The van der Waals surface area contributed by atoms with Gasteiger partial charge in [0.25, 0.3) is 0 Å². The van der Waals surface area contributed by atoms with E-state index in [1.807, 2.05) is 38.2 Å². The molecule has 0 atom stereocenters. The Balaban J connectivity index is 2.16. The summed E-state index contributed by atoms with van der Waals surface area (Å²) in [7, 11) is 1.99. The van der Waals surface area contributed by atoms with Crippen LogP contribution in [0.1, 0.15) is 21.9 Å². The summed E-state index contributed by atoms with van der Waals surface area (Å²) in [5.41, 5.74) is 1.68. The highest BCUT2D eigenvalue weighted by Crippen LogP contribution is 2.23. The predicted octanol–water partition coefficient (Wildman–Crippen LogP) is 3.80. The van der Waals surface area contributed by atoms with Gasteiger partial charge in [-0.05, 0) is 53.2 Å². The maximum absolute atomic E-state index is 10.7. The first-order valence-corrected chi connectivity index (χ1v) is 6.40. The first-order chi connectivity index (χ1) is 8.60. The Hall–Kier alpha value is -1.55. The Morgan fingerprint density at radius 2 is 2.11 bits per heavy atom. The van der Waals surface area contributed by atoms with E-state index in [0.29, 0.717) is 12.1 Å². The largest absolute Gasteiger partial charge is 0.464 e. The molecule has 3 nitrogen and oxygen atoms in total. The van der Waals surface area contributed by atoms with E-state index in [2.05, 4.69) is 20.8 Å². The van der Waals surface area contributed by atoms with Crippen LogP contribution in [0.25, 0.3) is 0 Å². The van der Waals surface area contributed by atoms with Gasteiger partial charge in [0.2, 0.25) is 0 Å². The lowest BCUT2D eigenvalue weighted by molar-refractivity contribution is 0.112.